The van der Waals surface area contributed by atoms with E-state index >= 15 is 0 Å². The fourth-order valence-corrected chi connectivity index (χ4v) is 2.67. The first-order chi connectivity index (χ1) is 11.0. The molecule has 1 amide bonds. The molecular formula is C17H17BrClFN2O. The minimum Gasteiger partial charge on any atom is -0.324 e. The molecule has 0 aliphatic heterocycles. The molecule has 6 heteroatoms. The largest absolute Gasteiger partial charge is 0.324 e. The number of halogens is 3. The van der Waals surface area contributed by atoms with E-state index in [0.29, 0.717) is 5.69 Å². The number of rotatable bonds is 6. The van der Waals surface area contributed by atoms with Gasteiger partial charge in [0.2, 0.25) is 5.91 Å². The topological polar surface area (TPSA) is 41.1 Å². The van der Waals surface area contributed by atoms with Gasteiger partial charge in [-0.2, -0.15) is 0 Å². The highest BCUT2D eigenvalue weighted by molar-refractivity contribution is 9.10. The Labute approximate surface area is 148 Å². The van der Waals surface area contributed by atoms with Crippen LogP contribution in [-0.2, 0) is 4.79 Å². The molecule has 0 bridgehead atoms. The molecule has 0 saturated carbocycles. The lowest BCUT2D eigenvalue weighted by molar-refractivity contribution is -0.115. The molecule has 0 aliphatic carbocycles. The zero-order valence-electron chi connectivity index (χ0n) is 12.6. The van der Waals surface area contributed by atoms with Crippen LogP contribution in [0.3, 0.4) is 0 Å². The standard InChI is InChI=1S/C17H17BrClFN2O/c1-2-15(11-3-5-12(18)6-4-11)21-10-17(23)22-16-8-7-13(20)9-14(16)19/h3-9,15,21H,2,10H2,1H3,(H,22,23)/t15-/m1/s1. The van der Waals surface area contributed by atoms with E-state index in [0.717, 1.165) is 16.5 Å². The smallest absolute Gasteiger partial charge is 0.238 e. The van der Waals surface area contributed by atoms with Gasteiger partial charge < -0.3 is 10.6 Å². The molecule has 0 aromatic heterocycles. The highest BCUT2D eigenvalue weighted by Gasteiger charge is 2.12. The normalized spacial score (nSPS) is 12.0. The van der Waals surface area contributed by atoms with E-state index in [1.165, 1.54) is 18.2 Å². The van der Waals surface area contributed by atoms with Crippen LogP contribution in [-0.4, -0.2) is 12.5 Å². The predicted molar refractivity (Wildman–Crippen MR) is 95.2 cm³/mol. The van der Waals surface area contributed by atoms with E-state index in [1.54, 1.807) is 0 Å². The second-order valence-corrected chi connectivity index (χ2v) is 6.39. The fraction of sp³-hybridized carbons (Fsp3) is 0.235. The van der Waals surface area contributed by atoms with Gasteiger partial charge in [-0.25, -0.2) is 4.39 Å². The Hall–Kier alpha value is -1.43. The van der Waals surface area contributed by atoms with Crippen molar-refractivity contribution in [2.24, 2.45) is 0 Å². The number of benzene rings is 2. The SMILES string of the molecule is CC[C@@H](NCC(=O)Nc1ccc(F)cc1Cl)c1ccc(Br)cc1. The van der Waals surface area contributed by atoms with Crippen LogP contribution >= 0.6 is 27.5 Å². The van der Waals surface area contributed by atoms with Crippen LogP contribution in [0.15, 0.2) is 46.9 Å². The van der Waals surface area contributed by atoms with Gasteiger partial charge in [-0.3, -0.25) is 4.79 Å². The molecule has 1 atom stereocenters. The predicted octanol–water partition coefficient (Wildman–Crippen LogP) is 4.92. The zero-order chi connectivity index (χ0) is 16.8. The summed E-state index contributed by atoms with van der Waals surface area (Å²) in [4.78, 5) is 12.0. The first-order valence-corrected chi connectivity index (χ1v) is 8.40. The van der Waals surface area contributed by atoms with Crippen LogP contribution in [0.1, 0.15) is 24.9 Å². The monoisotopic (exact) mass is 398 g/mol. The molecular weight excluding hydrogens is 383 g/mol. The van der Waals surface area contributed by atoms with E-state index in [4.69, 9.17) is 11.6 Å². The van der Waals surface area contributed by atoms with Gasteiger partial charge in [0, 0.05) is 10.5 Å². The minimum atomic E-state index is -0.438. The number of hydrogen-bond donors (Lipinski definition) is 2. The van der Waals surface area contributed by atoms with Gasteiger partial charge in [-0.05, 0) is 42.3 Å². The van der Waals surface area contributed by atoms with Gasteiger partial charge in [-0.1, -0.05) is 46.6 Å². The van der Waals surface area contributed by atoms with E-state index in [-0.39, 0.29) is 23.5 Å². The molecule has 23 heavy (non-hydrogen) atoms. The molecule has 122 valence electrons. The quantitative estimate of drug-likeness (QED) is 0.724. The molecule has 0 aliphatic rings. The highest BCUT2D eigenvalue weighted by Crippen LogP contribution is 2.22. The Kier molecular flexibility index (Phi) is 6.57. The lowest BCUT2D eigenvalue weighted by atomic mass is 10.0. The summed E-state index contributed by atoms with van der Waals surface area (Å²) in [5, 5.41) is 6.06. The molecule has 2 aromatic rings. The van der Waals surface area contributed by atoms with Gasteiger partial charge in [-0.15, -0.1) is 0 Å². The molecule has 0 heterocycles. The molecule has 0 fully saturated rings. The van der Waals surface area contributed by atoms with E-state index in [1.807, 2.05) is 24.3 Å². The van der Waals surface area contributed by atoms with Crippen molar-refractivity contribution in [3.05, 3.63) is 63.3 Å². The first-order valence-electron chi connectivity index (χ1n) is 7.23. The number of hydrogen-bond acceptors (Lipinski definition) is 2. The number of carbonyl (C=O) groups excluding carboxylic acids is 1. The Bertz CT molecular complexity index is 679. The summed E-state index contributed by atoms with van der Waals surface area (Å²) < 4.78 is 14.0. The Balaban J connectivity index is 1.93. The Morgan fingerprint density at radius 3 is 2.57 bits per heavy atom. The lowest BCUT2D eigenvalue weighted by Crippen LogP contribution is -2.31. The van der Waals surface area contributed by atoms with Crippen LogP contribution in [0.25, 0.3) is 0 Å². The number of carbonyl (C=O) groups is 1. The summed E-state index contributed by atoms with van der Waals surface area (Å²) in [6.45, 7) is 2.19. The highest BCUT2D eigenvalue weighted by atomic mass is 79.9. The van der Waals surface area contributed by atoms with Crippen LogP contribution in [0, 0.1) is 5.82 Å². The second kappa shape index (κ2) is 8.43. The molecule has 2 aromatic carbocycles. The fourth-order valence-electron chi connectivity index (χ4n) is 2.19. The van der Waals surface area contributed by atoms with Crippen molar-refractivity contribution in [2.75, 3.05) is 11.9 Å². The summed E-state index contributed by atoms with van der Waals surface area (Å²) in [7, 11) is 0. The number of nitrogens with one attached hydrogen (secondary N) is 2. The van der Waals surface area contributed by atoms with Crippen molar-refractivity contribution in [3.63, 3.8) is 0 Å². The van der Waals surface area contributed by atoms with Gasteiger partial charge in [0.25, 0.3) is 0 Å². The minimum absolute atomic E-state index is 0.0811. The van der Waals surface area contributed by atoms with E-state index in [9.17, 15) is 9.18 Å². The third-order valence-corrected chi connectivity index (χ3v) is 4.24. The zero-order valence-corrected chi connectivity index (χ0v) is 14.9. The summed E-state index contributed by atoms with van der Waals surface area (Å²) in [6, 6.07) is 11.9. The van der Waals surface area contributed by atoms with Crippen molar-refractivity contribution in [1.29, 1.82) is 0 Å². The first kappa shape index (κ1) is 17.9. The molecule has 2 N–H and O–H groups in total. The van der Waals surface area contributed by atoms with Gasteiger partial charge in [0.05, 0.1) is 17.3 Å². The average molecular weight is 400 g/mol. The number of anilines is 1. The lowest BCUT2D eigenvalue weighted by Gasteiger charge is -2.17. The third-order valence-electron chi connectivity index (χ3n) is 3.39. The average Bonchev–Trinajstić information content (AvgIpc) is 2.52. The van der Waals surface area contributed by atoms with Crippen LogP contribution in [0.2, 0.25) is 5.02 Å². The maximum atomic E-state index is 13.0. The van der Waals surface area contributed by atoms with E-state index in [2.05, 4.69) is 33.5 Å². The summed E-state index contributed by atoms with van der Waals surface area (Å²) >= 11 is 9.30. The van der Waals surface area contributed by atoms with Crippen LogP contribution < -0.4 is 10.6 Å². The van der Waals surface area contributed by atoms with Crippen molar-refractivity contribution >= 4 is 39.1 Å². The van der Waals surface area contributed by atoms with Crippen molar-refractivity contribution in [1.82, 2.24) is 5.32 Å². The second-order valence-electron chi connectivity index (χ2n) is 5.07. The van der Waals surface area contributed by atoms with Gasteiger partial charge in [0.15, 0.2) is 0 Å². The molecule has 0 spiro atoms. The third kappa shape index (κ3) is 5.30. The number of amides is 1. The van der Waals surface area contributed by atoms with Gasteiger partial charge in [0.1, 0.15) is 5.82 Å². The van der Waals surface area contributed by atoms with E-state index < -0.39 is 5.82 Å². The van der Waals surface area contributed by atoms with Gasteiger partial charge >= 0.3 is 0 Å². The summed E-state index contributed by atoms with van der Waals surface area (Å²) in [5.41, 5.74) is 1.51. The Morgan fingerprint density at radius 1 is 1.26 bits per heavy atom. The molecule has 0 radical (unpaired) electrons. The summed E-state index contributed by atoms with van der Waals surface area (Å²) in [5.74, 6) is -0.665. The Morgan fingerprint density at radius 2 is 1.96 bits per heavy atom. The maximum absolute atomic E-state index is 13.0. The molecule has 0 unspecified atom stereocenters. The van der Waals surface area contributed by atoms with Crippen molar-refractivity contribution < 1.29 is 9.18 Å². The molecule has 2 rings (SSSR count). The van der Waals surface area contributed by atoms with Crippen molar-refractivity contribution in [3.8, 4) is 0 Å². The summed E-state index contributed by atoms with van der Waals surface area (Å²) in [6.07, 6.45) is 0.853. The van der Waals surface area contributed by atoms with Crippen LogP contribution in [0.5, 0.6) is 0 Å². The molecule has 3 nitrogen and oxygen atoms in total. The maximum Gasteiger partial charge on any atom is 0.238 e. The van der Waals surface area contributed by atoms with Crippen molar-refractivity contribution in [2.45, 2.75) is 19.4 Å². The molecule has 0 saturated heterocycles. The van der Waals surface area contributed by atoms with Crippen LogP contribution in [0.4, 0.5) is 10.1 Å².